The molecule has 0 unspecified atom stereocenters. The second-order valence-corrected chi connectivity index (χ2v) is 7.35. The minimum Gasteiger partial charge on any atom is -0.491 e. The van der Waals surface area contributed by atoms with E-state index in [1.807, 2.05) is 25.1 Å². The molecule has 0 N–H and O–H groups in total. The van der Waals surface area contributed by atoms with Crippen LogP contribution >= 0.6 is 0 Å². The fourth-order valence-electron chi connectivity index (χ4n) is 3.30. The number of halogens is 1. The van der Waals surface area contributed by atoms with Gasteiger partial charge in [0, 0.05) is 23.2 Å². The van der Waals surface area contributed by atoms with Crippen molar-refractivity contribution in [2.75, 3.05) is 6.61 Å². The molecule has 0 aliphatic rings. The predicted molar refractivity (Wildman–Crippen MR) is 104 cm³/mol. The first-order chi connectivity index (χ1) is 12.4. The Morgan fingerprint density at radius 2 is 1.88 bits per heavy atom. The van der Waals surface area contributed by atoms with E-state index in [4.69, 9.17) is 9.72 Å². The van der Waals surface area contributed by atoms with E-state index < -0.39 is 0 Å². The molecule has 2 heterocycles. The smallest absolute Gasteiger partial charge is 0.140 e. The maximum absolute atomic E-state index is 13.4. The van der Waals surface area contributed by atoms with Crippen LogP contribution in [0.25, 0.3) is 22.2 Å². The highest BCUT2D eigenvalue weighted by Crippen LogP contribution is 2.29. The maximum Gasteiger partial charge on any atom is 0.140 e. The third-order valence-electron chi connectivity index (χ3n) is 4.42. The van der Waals surface area contributed by atoms with Gasteiger partial charge >= 0.3 is 0 Å². The summed E-state index contributed by atoms with van der Waals surface area (Å²) in [6, 6.07) is 10.5. The van der Waals surface area contributed by atoms with E-state index in [0.717, 1.165) is 34.5 Å². The maximum atomic E-state index is 13.4. The van der Waals surface area contributed by atoms with Crippen LogP contribution in [0.5, 0.6) is 5.75 Å². The molecule has 3 aromatic rings. The number of ether oxygens (including phenoxy) is 1. The Bertz CT molecular complexity index is 908. The van der Waals surface area contributed by atoms with Crippen molar-refractivity contribution in [3.8, 4) is 17.0 Å². The third kappa shape index (κ3) is 4.18. The molecule has 26 heavy (non-hydrogen) atoms. The summed E-state index contributed by atoms with van der Waals surface area (Å²) < 4.78 is 19.4. The zero-order valence-corrected chi connectivity index (χ0v) is 15.8. The minimum absolute atomic E-state index is 0.287. The lowest BCUT2D eigenvalue weighted by molar-refractivity contribution is 0.237. The normalized spacial score (nSPS) is 12.5. The van der Waals surface area contributed by atoms with Crippen molar-refractivity contribution < 1.29 is 9.13 Å². The predicted octanol–water partition coefficient (Wildman–Crippen LogP) is 5.81. The third-order valence-corrected chi connectivity index (χ3v) is 4.42. The number of fused-ring (bicyclic) bond motifs is 1. The SMILES string of the molecule is Cc1nc(-c2ccnc3cc(F)ccc23)ccc1OC[C@@H](C)CC(C)C. The van der Waals surface area contributed by atoms with Gasteiger partial charge in [-0.3, -0.25) is 4.98 Å². The van der Waals surface area contributed by atoms with Crippen LogP contribution < -0.4 is 4.74 Å². The molecule has 3 rings (SSSR count). The molecule has 1 atom stereocenters. The van der Waals surface area contributed by atoms with Gasteiger partial charge in [0.05, 0.1) is 23.5 Å². The number of aryl methyl sites for hydroxylation is 1. The lowest BCUT2D eigenvalue weighted by atomic mass is 10.00. The van der Waals surface area contributed by atoms with Crippen LogP contribution in [0, 0.1) is 24.6 Å². The molecule has 0 spiro atoms. The van der Waals surface area contributed by atoms with Gasteiger partial charge in [0.25, 0.3) is 0 Å². The van der Waals surface area contributed by atoms with E-state index in [1.165, 1.54) is 12.1 Å². The Kier molecular flexibility index (Phi) is 5.50. The number of aromatic nitrogens is 2. The molecule has 136 valence electrons. The molecule has 0 radical (unpaired) electrons. The summed E-state index contributed by atoms with van der Waals surface area (Å²) in [6.07, 6.45) is 2.83. The summed E-state index contributed by atoms with van der Waals surface area (Å²) >= 11 is 0. The fraction of sp³-hybridized carbons (Fsp3) is 0.364. The van der Waals surface area contributed by atoms with Crippen LogP contribution in [0.4, 0.5) is 4.39 Å². The molecule has 0 amide bonds. The number of hydrogen-bond acceptors (Lipinski definition) is 3. The van der Waals surface area contributed by atoms with Gasteiger partial charge in [-0.2, -0.15) is 0 Å². The molecule has 0 aliphatic heterocycles. The van der Waals surface area contributed by atoms with Gasteiger partial charge in [0.15, 0.2) is 0 Å². The van der Waals surface area contributed by atoms with Gasteiger partial charge in [0.2, 0.25) is 0 Å². The van der Waals surface area contributed by atoms with Crippen molar-refractivity contribution in [2.24, 2.45) is 11.8 Å². The summed E-state index contributed by atoms with van der Waals surface area (Å²) in [5, 5.41) is 0.889. The highest BCUT2D eigenvalue weighted by atomic mass is 19.1. The molecule has 2 aromatic heterocycles. The standard InChI is InChI=1S/C22H25FN2O/c1-14(2)11-15(3)13-26-22-8-7-20(25-16(22)4)19-9-10-24-21-12-17(23)5-6-18(19)21/h5-10,12,14-15H,11,13H2,1-4H3/t15-/m0/s1. The Balaban J connectivity index is 1.84. The summed E-state index contributed by atoms with van der Waals surface area (Å²) in [5.41, 5.74) is 3.26. The number of benzene rings is 1. The molecular formula is C22H25FN2O. The lowest BCUT2D eigenvalue weighted by Crippen LogP contribution is -2.11. The first-order valence-electron chi connectivity index (χ1n) is 9.09. The minimum atomic E-state index is -0.287. The zero-order valence-electron chi connectivity index (χ0n) is 15.8. The molecule has 0 aliphatic carbocycles. The molecule has 0 saturated carbocycles. The number of hydrogen-bond donors (Lipinski definition) is 0. The number of rotatable bonds is 6. The van der Waals surface area contributed by atoms with E-state index in [2.05, 4.69) is 25.8 Å². The average molecular weight is 352 g/mol. The summed E-state index contributed by atoms with van der Waals surface area (Å²) in [4.78, 5) is 8.96. The molecule has 0 fully saturated rings. The van der Waals surface area contributed by atoms with Crippen LogP contribution in [-0.4, -0.2) is 16.6 Å². The van der Waals surface area contributed by atoms with E-state index in [0.29, 0.717) is 24.0 Å². The van der Waals surface area contributed by atoms with Crippen LogP contribution in [0.3, 0.4) is 0 Å². The van der Waals surface area contributed by atoms with Gasteiger partial charge in [-0.25, -0.2) is 9.37 Å². The topological polar surface area (TPSA) is 35.0 Å². The molecular weight excluding hydrogens is 327 g/mol. The molecule has 0 saturated heterocycles. The summed E-state index contributed by atoms with van der Waals surface area (Å²) in [7, 11) is 0. The fourth-order valence-corrected chi connectivity index (χ4v) is 3.30. The van der Waals surface area contributed by atoms with Crippen molar-refractivity contribution in [3.63, 3.8) is 0 Å². The lowest BCUT2D eigenvalue weighted by Gasteiger charge is -2.16. The highest BCUT2D eigenvalue weighted by Gasteiger charge is 2.11. The molecule has 1 aromatic carbocycles. The first-order valence-corrected chi connectivity index (χ1v) is 9.09. The number of pyridine rings is 2. The largest absolute Gasteiger partial charge is 0.491 e. The first kappa shape index (κ1) is 18.3. The Morgan fingerprint density at radius 3 is 2.62 bits per heavy atom. The monoisotopic (exact) mass is 352 g/mol. The molecule has 4 heteroatoms. The van der Waals surface area contributed by atoms with Crippen molar-refractivity contribution in [1.82, 2.24) is 9.97 Å². The Morgan fingerprint density at radius 1 is 1.08 bits per heavy atom. The van der Waals surface area contributed by atoms with Crippen LogP contribution in [0.15, 0.2) is 42.6 Å². The average Bonchev–Trinajstić information content (AvgIpc) is 2.59. The summed E-state index contributed by atoms with van der Waals surface area (Å²) in [5.74, 6) is 1.70. The van der Waals surface area contributed by atoms with Gasteiger partial charge in [-0.1, -0.05) is 20.8 Å². The van der Waals surface area contributed by atoms with Crippen molar-refractivity contribution in [3.05, 3.63) is 54.1 Å². The van der Waals surface area contributed by atoms with E-state index in [1.54, 1.807) is 12.3 Å². The second-order valence-electron chi connectivity index (χ2n) is 7.35. The van der Waals surface area contributed by atoms with E-state index in [9.17, 15) is 4.39 Å². The summed E-state index contributed by atoms with van der Waals surface area (Å²) in [6.45, 7) is 9.30. The van der Waals surface area contributed by atoms with Crippen LogP contribution in [0.2, 0.25) is 0 Å². The highest BCUT2D eigenvalue weighted by molar-refractivity contribution is 5.93. The zero-order chi connectivity index (χ0) is 18.7. The van der Waals surface area contributed by atoms with Crippen LogP contribution in [-0.2, 0) is 0 Å². The van der Waals surface area contributed by atoms with E-state index in [-0.39, 0.29) is 5.82 Å². The molecule has 3 nitrogen and oxygen atoms in total. The van der Waals surface area contributed by atoms with Crippen molar-refractivity contribution in [2.45, 2.75) is 34.1 Å². The van der Waals surface area contributed by atoms with Gasteiger partial charge in [-0.05, 0) is 55.5 Å². The Hall–Kier alpha value is -2.49. The van der Waals surface area contributed by atoms with Gasteiger partial charge < -0.3 is 4.74 Å². The van der Waals surface area contributed by atoms with Crippen molar-refractivity contribution in [1.29, 1.82) is 0 Å². The van der Waals surface area contributed by atoms with Gasteiger partial charge in [-0.15, -0.1) is 0 Å². The quantitative estimate of drug-likeness (QED) is 0.562. The second kappa shape index (κ2) is 7.81. The number of nitrogens with zero attached hydrogens (tertiary/aromatic N) is 2. The van der Waals surface area contributed by atoms with Crippen LogP contribution in [0.1, 0.15) is 32.9 Å². The molecule has 0 bridgehead atoms. The Labute approximate surface area is 154 Å². The van der Waals surface area contributed by atoms with Gasteiger partial charge in [0.1, 0.15) is 11.6 Å². The van der Waals surface area contributed by atoms with Crippen molar-refractivity contribution >= 4 is 10.9 Å². The van der Waals surface area contributed by atoms with E-state index >= 15 is 0 Å².